The lowest BCUT2D eigenvalue weighted by molar-refractivity contribution is -0.231. The maximum Gasteiger partial charge on any atom is 0.114 e. The molecule has 0 aliphatic carbocycles. The molecule has 0 amide bonds. The van der Waals surface area contributed by atoms with E-state index >= 15 is 0 Å². The third kappa shape index (κ3) is 2.61. The zero-order valence-corrected chi connectivity index (χ0v) is 13.9. The van der Waals surface area contributed by atoms with Crippen molar-refractivity contribution in [3.63, 3.8) is 0 Å². The Labute approximate surface area is 149 Å². The van der Waals surface area contributed by atoms with Gasteiger partial charge in [0.2, 0.25) is 0 Å². The Balaban J connectivity index is 1.83. The van der Waals surface area contributed by atoms with E-state index < -0.39 is 37.1 Å². The highest BCUT2D eigenvalue weighted by Gasteiger charge is 2.44. The van der Waals surface area contributed by atoms with Crippen LogP contribution in [0.4, 0.5) is 5.69 Å². The molecule has 1 saturated heterocycles. The topological polar surface area (TPSA) is 129 Å². The van der Waals surface area contributed by atoms with E-state index in [4.69, 9.17) is 10.5 Å². The van der Waals surface area contributed by atoms with Gasteiger partial charge < -0.3 is 30.9 Å². The van der Waals surface area contributed by atoms with Crippen LogP contribution in [0, 0.1) is 0 Å². The Morgan fingerprint density at radius 2 is 1.73 bits per heavy atom. The molecular weight excluding hydrogens is 336 g/mol. The molecule has 1 aromatic heterocycles. The number of aromatic nitrogens is 1. The lowest BCUT2D eigenvalue weighted by atomic mass is 9.89. The van der Waals surface area contributed by atoms with Crippen LogP contribution in [0.25, 0.3) is 21.8 Å². The summed E-state index contributed by atoms with van der Waals surface area (Å²) in [6.07, 6.45) is -6.18. The number of anilines is 1. The Hall–Kier alpha value is -2.29. The number of rotatable bonds is 2. The van der Waals surface area contributed by atoms with Gasteiger partial charge in [-0.3, -0.25) is 0 Å². The van der Waals surface area contributed by atoms with Crippen molar-refractivity contribution in [1.82, 2.24) is 4.98 Å². The van der Waals surface area contributed by atoms with Crippen LogP contribution in [0.5, 0.6) is 0 Å². The maximum atomic E-state index is 10.4. The molecular formula is C19H20N2O5. The first-order chi connectivity index (χ1) is 12.5. The average molecular weight is 356 g/mol. The van der Waals surface area contributed by atoms with E-state index in [0.29, 0.717) is 22.2 Å². The summed E-state index contributed by atoms with van der Waals surface area (Å²) in [6.45, 7) is -0.485. The monoisotopic (exact) mass is 356 g/mol. The van der Waals surface area contributed by atoms with Crippen molar-refractivity contribution < 1.29 is 25.2 Å². The number of nitrogens with two attached hydrogens (primary N) is 1. The molecule has 1 aliphatic rings. The molecule has 6 N–H and O–H groups in total. The van der Waals surface area contributed by atoms with E-state index in [1.807, 2.05) is 30.3 Å². The molecule has 3 aromatic rings. The second kappa shape index (κ2) is 6.46. The fourth-order valence-electron chi connectivity index (χ4n) is 3.49. The zero-order valence-electron chi connectivity index (χ0n) is 13.9. The summed E-state index contributed by atoms with van der Waals surface area (Å²) in [5.41, 5.74) is 8.74. The molecule has 0 unspecified atom stereocenters. The van der Waals surface area contributed by atoms with E-state index in [1.54, 1.807) is 12.1 Å². The Bertz CT molecular complexity index is 961. The number of hydrogen-bond acceptors (Lipinski definition) is 7. The Morgan fingerprint density at radius 3 is 2.50 bits per heavy atom. The van der Waals surface area contributed by atoms with Crippen molar-refractivity contribution in [3.05, 3.63) is 48.0 Å². The molecule has 5 atom stereocenters. The highest BCUT2D eigenvalue weighted by Crippen LogP contribution is 2.38. The predicted molar refractivity (Wildman–Crippen MR) is 96.4 cm³/mol. The normalized spacial score (nSPS) is 29.3. The number of pyridine rings is 1. The minimum atomic E-state index is -1.45. The van der Waals surface area contributed by atoms with Crippen LogP contribution in [-0.2, 0) is 4.74 Å². The first kappa shape index (κ1) is 17.1. The van der Waals surface area contributed by atoms with Gasteiger partial charge in [-0.05, 0) is 18.2 Å². The van der Waals surface area contributed by atoms with Crippen LogP contribution < -0.4 is 5.73 Å². The SMILES string of the molecule is Nc1c([C@@H]2O[C@H](CO)[C@@H](O)[C@H](O)[C@H]2O)ccc2nc3ccccc3cc12. The molecule has 0 saturated carbocycles. The quantitative estimate of drug-likeness (QED) is 0.334. The van der Waals surface area contributed by atoms with E-state index in [2.05, 4.69) is 4.98 Å². The summed E-state index contributed by atoms with van der Waals surface area (Å²) in [5.74, 6) is 0. The first-order valence-electron chi connectivity index (χ1n) is 8.39. The molecule has 2 aromatic carbocycles. The zero-order chi connectivity index (χ0) is 18.4. The number of para-hydroxylation sites is 1. The number of nitrogens with zero attached hydrogens (tertiary/aromatic N) is 1. The predicted octanol–water partition coefficient (Wildman–Crippen LogP) is 0.485. The van der Waals surface area contributed by atoms with Crippen molar-refractivity contribution in [2.45, 2.75) is 30.5 Å². The summed E-state index contributed by atoms with van der Waals surface area (Å²) in [7, 11) is 0. The van der Waals surface area contributed by atoms with Crippen molar-refractivity contribution in [2.24, 2.45) is 0 Å². The highest BCUT2D eigenvalue weighted by molar-refractivity contribution is 5.99. The molecule has 2 heterocycles. The van der Waals surface area contributed by atoms with Gasteiger partial charge in [0.05, 0.1) is 17.6 Å². The fourth-order valence-corrected chi connectivity index (χ4v) is 3.49. The van der Waals surface area contributed by atoms with Crippen LogP contribution in [0.3, 0.4) is 0 Å². The molecule has 4 rings (SSSR count). The molecule has 136 valence electrons. The van der Waals surface area contributed by atoms with E-state index in [1.165, 1.54) is 0 Å². The van der Waals surface area contributed by atoms with Crippen molar-refractivity contribution >= 4 is 27.5 Å². The van der Waals surface area contributed by atoms with Crippen molar-refractivity contribution in [1.29, 1.82) is 0 Å². The van der Waals surface area contributed by atoms with Gasteiger partial charge >= 0.3 is 0 Å². The van der Waals surface area contributed by atoms with Crippen LogP contribution in [-0.4, -0.2) is 56.4 Å². The Morgan fingerprint density at radius 1 is 0.962 bits per heavy atom. The van der Waals surface area contributed by atoms with Crippen molar-refractivity contribution in [3.8, 4) is 0 Å². The van der Waals surface area contributed by atoms with Crippen molar-refractivity contribution in [2.75, 3.05) is 12.3 Å². The second-order valence-electron chi connectivity index (χ2n) is 6.57. The fraction of sp³-hybridized carbons (Fsp3) is 0.316. The van der Waals surface area contributed by atoms with Gasteiger partial charge in [-0.2, -0.15) is 0 Å². The molecule has 1 fully saturated rings. The van der Waals surface area contributed by atoms with Gasteiger partial charge in [0.1, 0.15) is 30.5 Å². The number of hydrogen-bond donors (Lipinski definition) is 5. The standard InChI is InChI=1S/C19H20N2O5/c20-15-10(19-18(25)17(24)16(23)14(8-22)26-19)5-6-13-11(15)7-9-3-1-2-4-12(9)21-13/h1-7,14,16-19,22-25H,8,20H2/t14-,16-,17+,18-,19+/m1/s1. The number of fused-ring (bicyclic) bond motifs is 2. The van der Waals surface area contributed by atoms with E-state index in [9.17, 15) is 20.4 Å². The maximum absolute atomic E-state index is 10.4. The lowest BCUT2D eigenvalue weighted by Gasteiger charge is -2.40. The van der Waals surface area contributed by atoms with E-state index in [-0.39, 0.29) is 0 Å². The smallest absolute Gasteiger partial charge is 0.114 e. The summed E-state index contributed by atoms with van der Waals surface area (Å²) < 4.78 is 5.62. The molecule has 0 spiro atoms. The number of nitrogen functional groups attached to an aromatic ring is 1. The molecule has 0 bridgehead atoms. The molecule has 7 heteroatoms. The van der Waals surface area contributed by atoms with Gasteiger partial charge in [-0.1, -0.05) is 24.3 Å². The van der Waals surface area contributed by atoms with E-state index in [0.717, 1.165) is 10.9 Å². The highest BCUT2D eigenvalue weighted by atomic mass is 16.5. The van der Waals surface area contributed by atoms with Crippen LogP contribution >= 0.6 is 0 Å². The third-order valence-electron chi connectivity index (χ3n) is 4.97. The largest absolute Gasteiger partial charge is 0.398 e. The first-order valence-corrected chi connectivity index (χ1v) is 8.39. The summed E-state index contributed by atoms with van der Waals surface area (Å²) in [5, 5.41) is 41.3. The molecule has 1 aliphatic heterocycles. The van der Waals surface area contributed by atoms with Gasteiger partial charge in [0.15, 0.2) is 0 Å². The average Bonchev–Trinajstić information content (AvgIpc) is 2.66. The molecule has 26 heavy (non-hydrogen) atoms. The van der Waals surface area contributed by atoms with Crippen LogP contribution in [0.15, 0.2) is 42.5 Å². The number of benzene rings is 2. The van der Waals surface area contributed by atoms with Crippen LogP contribution in [0.2, 0.25) is 0 Å². The number of aliphatic hydroxyl groups excluding tert-OH is 4. The summed E-state index contributed by atoms with van der Waals surface area (Å²) in [6, 6.07) is 13.0. The summed E-state index contributed by atoms with van der Waals surface area (Å²) in [4.78, 5) is 4.59. The van der Waals surface area contributed by atoms with Gasteiger partial charge in [-0.15, -0.1) is 0 Å². The van der Waals surface area contributed by atoms with Crippen LogP contribution in [0.1, 0.15) is 11.7 Å². The third-order valence-corrected chi connectivity index (χ3v) is 4.97. The number of ether oxygens (including phenoxy) is 1. The molecule has 0 radical (unpaired) electrons. The molecule has 7 nitrogen and oxygen atoms in total. The minimum absolute atomic E-state index is 0.380. The second-order valence-corrected chi connectivity index (χ2v) is 6.57. The van der Waals surface area contributed by atoms with Gasteiger partial charge in [-0.25, -0.2) is 4.98 Å². The number of aliphatic hydroxyl groups is 4. The minimum Gasteiger partial charge on any atom is -0.398 e. The van der Waals surface area contributed by atoms with Gasteiger partial charge in [0.25, 0.3) is 0 Å². The van der Waals surface area contributed by atoms with Gasteiger partial charge in [0, 0.05) is 22.0 Å². The summed E-state index contributed by atoms with van der Waals surface area (Å²) >= 11 is 0. The Kier molecular flexibility index (Phi) is 4.26. The lowest BCUT2D eigenvalue weighted by Crippen LogP contribution is -2.55.